The van der Waals surface area contributed by atoms with Crippen LogP contribution in [0.2, 0.25) is 0 Å². The minimum Gasteiger partial charge on any atom is -0.277 e. The van der Waals surface area contributed by atoms with Gasteiger partial charge in [-0.3, -0.25) is 15.6 Å². The van der Waals surface area contributed by atoms with Crippen molar-refractivity contribution in [3.8, 4) is 0 Å². The first-order valence-electron chi connectivity index (χ1n) is 2.58. The molecule has 0 spiro atoms. The minimum absolute atomic E-state index is 0.538. The van der Waals surface area contributed by atoms with E-state index in [1.165, 1.54) is 11.5 Å². The zero-order valence-electron chi connectivity index (χ0n) is 5.29. The molecular formula is C4H6N4OS. The van der Waals surface area contributed by atoms with Crippen molar-refractivity contribution in [1.82, 2.24) is 14.8 Å². The fourth-order valence-electron chi connectivity index (χ4n) is 0.439. The van der Waals surface area contributed by atoms with E-state index in [1.54, 1.807) is 6.92 Å². The normalized spacial score (nSPS) is 8.90. The van der Waals surface area contributed by atoms with Gasteiger partial charge in [0.25, 0.3) is 0 Å². The Morgan fingerprint density at radius 3 is 3.00 bits per heavy atom. The molecule has 1 aromatic heterocycles. The number of aryl methyl sites for hydroxylation is 1. The fourth-order valence-corrected chi connectivity index (χ4v) is 0.976. The second-order valence-corrected chi connectivity index (χ2v) is 2.29. The molecular weight excluding hydrogens is 152 g/mol. The van der Waals surface area contributed by atoms with Gasteiger partial charge in [-0.25, -0.2) is 4.98 Å². The highest BCUT2D eigenvalue weighted by atomic mass is 32.1. The van der Waals surface area contributed by atoms with Crippen molar-refractivity contribution in [2.24, 2.45) is 0 Å². The third-order valence-corrected chi connectivity index (χ3v) is 1.49. The number of anilines is 1. The van der Waals surface area contributed by atoms with Crippen LogP contribution in [-0.4, -0.2) is 15.8 Å². The van der Waals surface area contributed by atoms with Gasteiger partial charge in [0.15, 0.2) is 0 Å². The van der Waals surface area contributed by atoms with Crippen molar-refractivity contribution >= 4 is 23.1 Å². The third kappa shape index (κ3) is 1.66. The largest absolute Gasteiger partial charge is 0.277 e. The summed E-state index contributed by atoms with van der Waals surface area (Å²) in [4.78, 5) is 13.7. The molecule has 0 fully saturated rings. The molecule has 6 heteroatoms. The van der Waals surface area contributed by atoms with E-state index in [2.05, 4.69) is 20.2 Å². The molecule has 5 nitrogen and oxygen atoms in total. The van der Waals surface area contributed by atoms with Crippen LogP contribution in [0.15, 0.2) is 0 Å². The van der Waals surface area contributed by atoms with Gasteiger partial charge in [0.1, 0.15) is 5.82 Å². The Morgan fingerprint density at radius 1 is 1.70 bits per heavy atom. The molecule has 0 unspecified atom stereocenters. The van der Waals surface area contributed by atoms with Crippen LogP contribution in [0, 0.1) is 6.92 Å². The number of hydrazine groups is 1. The van der Waals surface area contributed by atoms with Gasteiger partial charge in [-0.1, -0.05) is 0 Å². The lowest BCUT2D eigenvalue weighted by Crippen LogP contribution is -2.18. The number of amides is 1. The quantitative estimate of drug-likeness (QED) is 0.477. The number of aromatic nitrogens is 2. The van der Waals surface area contributed by atoms with E-state index in [-0.39, 0.29) is 0 Å². The van der Waals surface area contributed by atoms with Crippen molar-refractivity contribution in [1.29, 1.82) is 0 Å². The standard InChI is InChI=1S/C4H6N4OS/c1-3-6-4(10-8-3)7-5-2-9/h2H,1H3,(H,5,9)(H,6,7,8). The number of carbonyl (C=O) groups is 1. The van der Waals surface area contributed by atoms with Gasteiger partial charge in [0, 0.05) is 11.5 Å². The van der Waals surface area contributed by atoms with E-state index in [1.807, 2.05) is 0 Å². The van der Waals surface area contributed by atoms with Crippen molar-refractivity contribution < 1.29 is 4.79 Å². The summed E-state index contributed by atoms with van der Waals surface area (Å²) < 4.78 is 3.88. The molecule has 0 saturated carbocycles. The highest BCUT2D eigenvalue weighted by Gasteiger charge is 1.95. The zero-order valence-corrected chi connectivity index (χ0v) is 6.10. The van der Waals surface area contributed by atoms with Gasteiger partial charge < -0.3 is 0 Å². The smallest absolute Gasteiger partial charge is 0.225 e. The summed E-state index contributed by atoms with van der Waals surface area (Å²) in [6, 6.07) is 0. The Balaban J connectivity index is 2.49. The topological polar surface area (TPSA) is 66.9 Å². The average molecular weight is 158 g/mol. The number of hydrogen-bond acceptors (Lipinski definition) is 5. The predicted molar refractivity (Wildman–Crippen MR) is 37.5 cm³/mol. The van der Waals surface area contributed by atoms with E-state index in [9.17, 15) is 4.79 Å². The monoisotopic (exact) mass is 158 g/mol. The van der Waals surface area contributed by atoms with E-state index in [0.29, 0.717) is 17.4 Å². The maximum atomic E-state index is 9.77. The predicted octanol–water partition coefficient (Wildman–Crippen LogP) is -0.0806. The maximum absolute atomic E-state index is 9.77. The zero-order chi connectivity index (χ0) is 7.40. The molecule has 0 aliphatic heterocycles. The van der Waals surface area contributed by atoms with Crippen LogP contribution in [0.3, 0.4) is 0 Å². The van der Waals surface area contributed by atoms with Gasteiger partial charge in [0.05, 0.1) is 0 Å². The molecule has 0 bridgehead atoms. The van der Waals surface area contributed by atoms with Crippen molar-refractivity contribution in [2.75, 3.05) is 5.43 Å². The first kappa shape index (κ1) is 6.94. The van der Waals surface area contributed by atoms with Crippen LogP contribution >= 0.6 is 11.5 Å². The summed E-state index contributed by atoms with van der Waals surface area (Å²) >= 11 is 1.20. The van der Waals surface area contributed by atoms with Crippen LogP contribution in [0.5, 0.6) is 0 Å². The highest BCUT2D eigenvalue weighted by molar-refractivity contribution is 7.09. The SMILES string of the molecule is Cc1nsc(NNC=O)n1. The summed E-state index contributed by atoms with van der Waals surface area (Å²) in [7, 11) is 0. The molecule has 0 saturated heterocycles. The van der Waals surface area contributed by atoms with Crippen LogP contribution in [0.1, 0.15) is 5.82 Å². The van der Waals surface area contributed by atoms with E-state index in [0.717, 1.165) is 0 Å². The fraction of sp³-hybridized carbons (Fsp3) is 0.250. The molecule has 0 radical (unpaired) electrons. The Kier molecular flexibility index (Phi) is 2.16. The summed E-state index contributed by atoms with van der Waals surface area (Å²) in [5, 5.41) is 0.588. The molecule has 2 N–H and O–H groups in total. The number of nitrogens with zero attached hydrogens (tertiary/aromatic N) is 2. The third-order valence-electron chi connectivity index (χ3n) is 0.766. The number of carbonyl (C=O) groups excluding carboxylic acids is 1. The summed E-state index contributed by atoms with van der Waals surface area (Å²) in [6.45, 7) is 1.78. The van der Waals surface area contributed by atoms with Gasteiger partial charge in [-0.15, -0.1) is 0 Å². The second kappa shape index (κ2) is 3.11. The lowest BCUT2D eigenvalue weighted by molar-refractivity contribution is -0.109. The molecule has 1 heterocycles. The van der Waals surface area contributed by atoms with Crippen LogP contribution in [0.4, 0.5) is 5.13 Å². The van der Waals surface area contributed by atoms with E-state index < -0.39 is 0 Å². The summed E-state index contributed by atoms with van der Waals surface area (Å²) in [5.41, 5.74) is 4.80. The maximum Gasteiger partial charge on any atom is 0.225 e. The van der Waals surface area contributed by atoms with Gasteiger partial charge in [-0.05, 0) is 6.92 Å². The first-order valence-corrected chi connectivity index (χ1v) is 3.36. The molecule has 0 aliphatic rings. The van der Waals surface area contributed by atoms with E-state index in [4.69, 9.17) is 0 Å². The summed E-state index contributed by atoms with van der Waals surface area (Å²) in [5.74, 6) is 0.695. The van der Waals surface area contributed by atoms with Crippen molar-refractivity contribution in [3.05, 3.63) is 5.82 Å². The lowest BCUT2D eigenvalue weighted by atomic mass is 10.8. The molecule has 0 atom stereocenters. The molecule has 1 amide bonds. The highest BCUT2D eigenvalue weighted by Crippen LogP contribution is 2.07. The Hall–Kier alpha value is -1.17. The molecule has 54 valence electrons. The Labute approximate surface area is 61.6 Å². The molecule has 0 aliphatic carbocycles. The van der Waals surface area contributed by atoms with Gasteiger partial charge >= 0.3 is 0 Å². The van der Waals surface area contributed by atoms with Crippen molar-refractivity contribution in [2.45, 2.75) is 6.92 Å². The Bertz CT molecular complexity index is 223. The molecule has 0 aromatic carbocycles. The lowest BCUT2D eigenvalue weighted by Gasteiger charge is -1.93. The molecule has 1 rings (SSSR count). The minimum atomic E-state index is 0.538. The molecule has 10 heavy (non-hydrogen) atoms. The van der Waals surface area contributed by atoms with E-state index >= 15 is 0 Å². The first-order chi connectivity index (χ1) is 4.83. The number of nitrogens with one attached hydrogen (secondary N) is 2. The van der Waals surface area contributed by atoms with Gasteiger partial charge in [0.2, 0.25) is 11.5 Å². The van der Waals surface area contributed by atoms with Crippen LogP contribution < -0.4 is 10.9 Å². The number of hydrogen-bond donors (Lipinski definition) is 2. The second-order valence-electron chi connectivity index (χ2n) is 1.53. The number of rotatable bonds is 3. The molecule has 1 aromatic rings. The summed E-state index contributed by atoms with van der Waals surface area (Å²) in [6.07, 6.45) is 0.538. The van der Waals surface area contributed by atoms with Crippen LogP contribution in [0.25, 0.3) is 0 Å². The average Bonchev–Trinajstić information content (AvgIpc) is 2.31. The van der Waals surface area contributed by atoms with Gasteiger partial charge in [-0.2, -0.15) is 4.37 Å². The van der Waals surface area contributed by atoms with Crippen molar-refractivity contribution in [3.63, 3.8) is 0 Å². The Morgan fingerprint density at radius 2 is 2.50 bits per heavy atom. The van der Waals surface area contributed by atoms with Crippen LogP contribution in [-0.2, 0) is 4.79 Å².